The zero-order chi connectivity index (χ0) is 14.0. The molecule has 1 aromatic heterocycles. The van der Waals surface area contributed by atoms with E-state index in [4.69, 9.17) is 11.6 Å². The number of aromatic nitrogens is 1. The van der Waals surface area contributed by atoms with E-state index in [1.165, 1.54) is 19.1 Å². The highest BCUT2D eigenvalue weighted by Crippen LogP contribution is 2.18. The smallest absolute Gasteiger partial charge is 0.242 e. The van der Waals surface area contributed by atoms with E-state index in [1.807, 2.05) is 0 Å². The van der Waals surface area contributed by atoms with Crippen LogP contribution in [0.2, 0.25) is 5.15 Å². The average Bonchev–Trinajstić information content (AvgIpc) is 3.12. The van der Waals surface area contributed by atoms with E-state index in [9.17, 15) is 13.2 Å². The molecule has 1 atom stereocenters. The Morgan fingerprint density at radius 3 is 2.68 bits per heavy atom. The second-order valence-corrected chi connectivity index (χ2v) is 6.54. The number of carbonyl (C=O) groups is 1. The number of halogens is 1. The molecule has 0 aromatic carbocycles. The Kier molecular flexibility index (Phi) is 4.07. The highest BCUT2D eigenvalue weighted by atomic mass is 35.5. The summed E-state index contributed by atoms with van der Waals surface area (Å²) in [4.78, 5) is 15.4. The van der Waals surface area contributed by atoms with Crippen molar-refractivity contribution in [1.82, 2.24) is 15.0 Å². The van der Waals surface area contributed by atoms with Crippen LogP contribution in [0.3, 0.4) is 0 Å². The fourth-order valence-electron chi connectivity index (χ4n) is 1.43. The zero-order valence-electron chi connectivity index (χ0n) is 10.3. The molecular formula is C11H14ClN3O3S. The van der Waals surface area contributed by atoms with E-state index in [0.29, 0.717) is 0 Å². The SMILES string of the molecule is CC(NS(=O)(=O)c1ccc(Cl)nc1)C(=O)NC1CC1. The van der Waals surface area contributed by atoms with Crippen LogP contribution in [0.4, 0.5) is 0 Å². The van der Waals surface area contributed by atoms with Gasteiger partial charge in [0.2, 0.25) is 15.9 Å². The lowest BCUT2D eigenvalue weighted by Gasteiger charge is -2.14. The number of nitrogens with one attached hydrogen (secondary N) is 2. The summed E-state index contributed by atoms with van der Waals surface area (Å²) in [5.41, 5.74) is 0. The molecule has 1 fully saturated rings. The van der Waals surface area contributed by atoms with Crippen LogP contribution in [0.25, 0.3) is 0 Å². The van der Waals surface area contributed by atoms with E-state index in [2.05, 4.69) is 15.0 Å². The minimum Gasteiger partial charge on any atom is -0.352 e. The molecule has 1 aromatic rings. The summed E-state index contributed by atoms with van der Waals surface area (Å²) in [5, 5.41) is 2.94. The number of pyridine rings is 1. The van der Waals surface area contributed by atoms with Gasteiger partial charge in [-0.2, -0.15) is 4.72 Å². The van der Waals surface area contributed by atoms with Gasteiger partial charge < -0.3 is 5.32 Å². The van der Waals surface area contributed by atoms with E-state index < -0.39 is 16.1 Å². The Morgan fingerprint density at radius 2 is 2.16 bits per heavy atom. The van der Waals surface area contributed by atoms with Crippen molar-refractivity contribution >= 4 is 27.5 Å². The predicted molar refractivity (Wildman–Crippen MR) is 70.2 cm³/mol. The highest BCUT2D eigenvalue weighted by molar-refractivity contribution is 7.89. The summed E-state index contributed by atoms with van der Waals surface area (Å²) in [5.74, 6) is -0.326. The molecule has 1 unspecified atom stereocenters. The van der Waals surface area contributed by atoms with Crippen molar-refractivity contribution in [3.63, 3.8) is 0 Å². The van der Waals surface area contributed by atoms with Crippen molar-refractivity contribution in [3.8, 4) is 0 Å². The Bertz CT molecular complexity index is 569. The van der Waals surface area contributed by atoms with Gasteiger partial charge in [0.1, 0.15) is 10.0 Å². The molecule has 0 saturated heterocycles. The second kappa shape index (κ2) is 5.44. The van der Waals surface area contributed by atoms with Crippen molar-refractivity contribution in [3.05, 3.63) is 23.5 Å². The number of carbonyl (C=O) groups excluding carboxylic acids is 1. The van der Waals surface area contributed by atoms with E-state index in [-0.39, 0.29) is 22.0 Å². The molecule has 104 valence electrons. The Hall–Kier alpha value is -1.18. The third kappa shape index (κ3) is 3.89. The molecule has 19 heavy (non-hydrogen) atoms. The number of amides is 1. The third-order valence-corrected chi connectivity index (χ3v) is 4.41. The molecule has 0 aliphatic heterocycles. The molecule has 0 spiro atoms. The first-order valence-corrected chi connectivity index (χ1v) is 7.69. The summed E-state index contributed by atoms with van der Waals surface area (Å²) in [6, 6.07) is 2.08. The van der Waals surface area contributed by atoms with Gasteiger partial charge in [-0.15, -0.1) is 0 Å². The van der Waals surface area contributed by atoms with Gasteiger partial charge >= 0.3 is 0 Å². The molecule has 6 nitrogen and oxygen atoms in total. The Balaban J connectivity index is 2.03. The summed E-state index contributed by atoms with van der Waals surface area (Å²) >= 11 is 5.59. The van der Waals surface area contributed by atoms with E-state index in [0.717, 1.165) is 19.0 Å². The summed E-state index contributed by atoms with van der Waals surface area (Å²) in [6.07, 6.45) is 3.05. The van der Waals surface area contributed by atoms with E-state index in [1.54, 1.807) is 0 Å². The topological polar surface area (TPSA) is 88.2 Å². The van der Waals surface area contributed by atoms with Crippen LogP contribution in [0.1, 0.15) is 19.8 Å². The van der Waals surface area contributed by atoms with Gasteiger partial charge in [-0.3, -0.25) is 4.79 Å². The van der Waals surface area contributed by atoms with Crippen molar-refractivity contribution in [2.45, 2.75) is 36.7 Å². The standard InChI is InChI=1S/C11H14ClN3O3S/c1-7(11(16)14-8-2-3-8)15-19(17,18)9-4-5-10(12)13-6-9/h4-8,15H,2-3H2,1H3,(H,14,16). The molecule has 1 heterocycles. The summed E-state index contributed by atoms with van der Waals surface area (Å²) in [6.45, 7) is 1.50. The number of sulfonamides is 1. The van der Waals surface area contributed by atoms with Gasteiger partial charge in [-0.05, 0) is 31.9 Å². The largest absolute Gasteiger partial charge is 0.352 e. The van der Waals surface area contributed by atoms with E-state index >= 15 is 0 Å². The quantitative estimate of drug-likeness (QED) is 0.783. The van der Waals surface area contributed by atoms with Gasteiger partial charge in [0, 0.05) is 12.2 Å². The maximum atomic E-state index is 12.0. The monoisotopic (exact) mass is 303 g/mol. The average molecular weight is 304 g/mol. The maximum absolute atomic E-state index is 12.0. The Morgan fingerprint density at radius 1 is 1.47 bits per heavy atom. The van der Waals surface area contributed by atoms with Gasteiger partial charge in [-0.25, -0.2) is 13.4 Å². The van der Waals surface area contributed by atoms with Crippen LogP contribution in [0.5, 0.6) is 0 Å². The minimum absolute atomic E-state index is 0.0250. The minimum atomic E-state index is -3.77. The van der Waals surface area contributed by atoms with Crippen molar-refractivity contribution < 1.29 is 13.2 Å². The van der Waals surface area contributed by atoms with Crippen LogP contribution >= 0.6 is 11.6 Å². The predicted octanol–water partition coefficient (Wildman–Crippen LogP) is 0.680. The molecule has 1 amide bonds. The lowest BCUT2D eigenvalue weighted by molar-refractivity contribution is -0.122. The van der Waals surface area contributed by atoms with Crippen LogP contribution in [-0.2, 0) is 14.8 Å². The van der Waals surface area contributed by atoms with Gasteiger partial charge in [-0.1, -0.05) is 11.6 Å². The Labute approximate surface area is 116 Å². The van der Waals surface area contributed by atoms with Crippen molar-refractivity contribution in [1.29, 1.82) is 0 Å². The molecule has 2 N–H and O–H groups in total. The fourth-order valence-corrected chi connectivity index (χ4v) is 2.69. The molecule has 1 aliphatic carbocycles. The molecule has 0 radical (unpaired) electrons. The number of hydrogen-bond acceptors (Lipinski definition) is 4. The normalized spacial score (nSPS) is 16.9. The van der Waals surface area contributed by atoms with Crippen LogP contribution in [0, 0.1) is 0 Å². The fraction of sp³-hybridized carbons (Fsp3) is 0.455. The number of hydrogen-bond donors (Lipinski definition) is 2. The molecule has 8 heteroatoms. The van der Waals surface area contributed by atoms with Crippen LogP contribution < -0.4 is 10.0 Å². The second-order valence-electron chi connectivity index (χ2n) is 4.44. The lowest BCUT2D eigenvalue weighted by Crippen LogP contribution is -2.45. The zero-order valence-corrected chi connectivity index (χ0v) is 11.8. The summed E-state index contributed by atoms with van der Waals surface area (Å²) in [7, 11) is -3.77. The number of rotatable bonds is 5. The number of nitrogens with zero attached hydrogens (tertiary/aromatic N) is 1. The molecule has 0 bridgehead atoms. The molecule has 1 aliphatic rings. The maximum Gasteiger partial charge on any atom is 0.242 e. The van der Waals surface area contributed by atoms with Gasteiger partial charge in [0.05, 0.1) is 6.04 Å². The first kappa shape index (κ1) is 14.2. The first-order valence-electron chi connectivity index (χ1n) is 5.83. The van der Waals surface area contributed by atoms with Crippen molar-refractivity contribution in [2.75, 3.05) is 0 Å². The molecular weight excluding hydrogens is 290 g/mol. The van der Waals surface area contributed by atoms with Gasteiger partial charge in [0.15, 0.2) is 0 Å². The van der Waals surface area contributed by atoms with Crippen LogP contribution in [-0.4, -0.2) is 31.4 Å². The summed E-state index contributed by atoms with van der Waals surface area (Å²) < 4.78 is 26.3. The van der Waals surface area contributed by atoms with Crippen molar-refractivity contribution in [2.24, 2.45) is 0 Å². The molecule has 2 rings (SSSR count). The third-order valence-electron chi connectivity index (χ3n) is 2.66. The first-order chi connectivity index (χ1) is 8.88. The van der Waals surface area contributed by atoms with Gasteiger partial charge in [0.25, 0.3) is 0 Å². The van der Waals surface area contributed by atoms with Crippen LogP contribution in [0.15, 0.2) is 23.2 Å². The highest BCUT2D eigenvalue weighted by Gasteiger charge is 2.28. The lowest BCUT2D eigenvalue weighted by atomic mass is 10.3. The molecule has 1 saturated carbocycles.